The van der Waals surface area contributed by atoms with E-state index in [4.69, 9.17) is 0 Å². The molecule has 4 heteroatoms. The van der Waals surface area contributed by atoms with Crippen LogP contribution in [0.1, 0.15) is 6.92 Å². The van der Waals surface area contributed by atoms with Crippen molar-refractivity contribution in [1.29, 1.82) is 0 Å². The normalized spacial score (nSPS) is 9.21. The first kappa shape index (κ1) is 10.2. The van der Waals surface area contributed by atoms with Crippen LogP contribution < -0.4 is 10.6 Å². The predicted molar refractivity (Wildman–Crippen MR) is 57.2 cm³/mol. The van der Waals surface area contributed by atoms with Crippen molar-refractivity contribution in [2.24, 2.45) is 0 Å². The summed E-state index contributed by atoms with van der Waals surface area (Å²) in [5.74, 6) is -0.239. The fraction of sp³-hybridized carbons (Fsp3) is 0.200. The van der Waals surface area contributed by atoms with Gasteiger partial charge in [-0.3, -0.25) is 9.78 Å². The van der Waals surface area contributed by atoms with Gasteiger partial charge in [0.25, 0.3) is 0 Å². The van der Waals surface area contributed by atoms with Gasteiger partial charge in [-0.05, 0) is 19.1 Å². The molecule has 1 rings (SSSR count). The second kappa shape index (κ2) is 5.01. The van der Waals surface area contributed by atoms with Crippen LogP contribution in [0.3, 0.4) is 0 Å². The van der Waals surface area contributed by atoms with Crippen molar-refractivity contribution in [2.75, 3.05) is 17.2 Å². The largest absolute Gasteiger partial charge is 0.384 e. The smallest absolute Gasteiger partial charge is 0.247 e. The minimum Gasteiger partial charge on any atom is -0.384 e. The molecule has 74 valence electrons. The van der Waals surface area contributed by atoms with Gasteiger partial charge in [0.2, 0.25) is 5.91 Å². The highest BCUT2D eigenvalue weighted by molar-refractivity contribution is 6.00. The van der Waals surface area contributed by atoms with Gasteiger partial charge in [-0.15, -0.1) is 0 Å². The number of rotatable bonds is 4. The van der Waals surface area contributed by atoms with Crippen molar-refractivity contribution in [3.05, 3.63) is 31.1 Å². The van der Waals surface area contributed by atoms with Gasteiger partial charge >= 0.3 is 0 Å². The Morgan fingerprint density at radius 2 is 2.43 bits per heavy atom. The monoisotopic (exact) mass is 191 g/mol. The molecule has 0 aromatic carbocycles. The van der Waals surface area contributed by atoms with Gasteiger partial charge in [0.05, 0.1) is 17.6 Å². The molecule has 0 aliphatic rings. The molecule has 0 radical (unpaired) electrons. The minimum atomic E-state index is -0.239. The molecule has 0 unspecified atom stereocenters. The Morgan fingerprint density at radius 3 is 3.07 bits per heavy atom. The first-order valence-corrected chi connectivity index (χ1v) is 4.39. The molecule has 1 amide bonds. The summed E-state index contributed by atoms with van der Waals surface area (Å²) >= 11 is 0. The lowest BCUT2D eigenvalue weighted by atomic mass is 10.3. The Balaban J connectivity index is 2.83. The molecule has 0 bridgehead atoms. The van der Waals surface area contributed by atoms with E-state index >= 15 is 0 Å². The third-order valence-electron chi connectivity index (χ3n) is 1.63. The Hall–Kier alpha value is -1.84. The summed E-state index contributed by atoms with van der Waals surface area (Å²) in [5.41, 5.74) is 1.52. The third-order valence-corrected chi connectivity index (χ3v) is 1.63. The molecule has 1 heterocycles. The van der Waals surface area contributed by atoms with Crippen LogP contribution >= 0.6 is 0 Å². The van der Waals surface area contributed by atoms with Crippen LogP contribution in [0.15, 0.2) is 31.1 Å². The Labute approximate surface area is 83.0 Å². The quantitative estimate of drug-likeness (QED) is 0.711. The molecule has 4 nitrogen and oxygen atoms in total. The first-order chi connectivity index (χ1) is 6.77. The van der Waals surface area contributed by atoms with E-state index in [0.717, 1.165) is 12.2 Å². The molecule has 14 heavy (non-hydrogen) atoms. The number of hydrogen-bond donors (Lipinski definition) is 2. The summed E-state index contributed by atoms with van der Waals surface area (Å²) in [5, 5.41) is 5.78. The number of amides is 1. The number of nitrogens with one attached hydrogen (secondary N) is 2. The molecule has 0 aliphatic carbocycles. The number of hydrogen-bond acceptors (Lipinski definition) is 3. The van der Waals surface area contributed by atoms with Crippen molar-refractivity contribution in [1.82, 2.24) is 4.98 Å². The van der Waals surface area contributed by atoms with E-state index in [9.17, 15) is 4.79 Å². The zero-order valence-corrected chi connectivity index (χ0v) is 8.08. The summed E-state index contributed by atoms with van der Waals surface area (Å²) in [6.07, 6.45) is 4.49. The third kappa shape index (κ3) is 2.58. The van der Waals surface area contributed by atoms with Crippen molar-refractivity contribution < 1.29 is 4.79 Å². The predicted octanol–water partition coefficient (Wildman–Crippen LogP) is 1.64. The molecule has 1 aromatic rings. The maximum absolute atomic E-state index is 11.1. The lowest BCUT2D eigenvalue weighted by Gasteiger charge is -2.09. The zero-order valence-electron chi connectivity index (χ0n) is 8.08. The van der Waals surface area contributed by atoms with E-state index in [1.807, 2.05) is 13.0 Å². The summed E-state index contributed by atoms with van der Waals surface area (Å²) in [6, 6.07) is 1.81. The van der Waals surface area contributed by atoms with Crippen LogP contribution in [0, 0.1) is 0 Å². The van der Waals surface area contributed by atoms with Crippen LogP contribution in [-0.4, -0.2) is 17.4 Å². The standard InChI is InChI=1S/C10H13N3O/c1-3-10(14)13-9-7-11-6-5-8(9)12-4-2/h3,5-7H,1,4H2,2H3,(H,11,12)(H,13,14). The summed E-state index contributed by atoms with van der Waals surface area (Å²) in [7, 11) is 0. The molecule has 0 spiro atoms. The van der Waals surface area contributed by atoms with Crippen LogP contribution in [0.2, 0.25) is 0 Å². The van der Waals surface area contributed by atoms with E-state index in [0.29, 0.717) is 5.69 Å². The van der Waals surface area contributed by atoms with Crippen LogP contribution in [0.4, 0.5) is 11.4 Å². The topological polar surface area (TPSA) is 54.0 Å². The molecule has 0 fully saturated rings. The SMILES string of the molecule is C=CC(=O)Nc1cnccc1NCC. The highest BCUT2D eigenvalue weighted by Gasteiger charge is 2.02. The van der Waals surface area contributed by atoms with E-state index < -0.39 is 0 Å². The van der Waals surface area contributed by atoms with Crippen LogP contribution in [0.25, 0.3) is 0 Å². The molecular weight excluding hydrogens is 178 g/mol. The maximum Gasteiger partial charge on any atom is 0.247 e. The Bertz CT molecular complexity index is 336. The summed E-state index contributed by atoms with van der Waals surface area (Å²) < 4.78 is 0. The van der Waals surface area contributed by atoms with Crippen molar-refractivity contribution in [2.45, 2.75) is 6.92 Å². The fourth-order valence-corrected chi connectivity index (χ4v) is 1.02. The second-order valence-corrected chi connectivity index (χ2v) is 2.64. The van der Waals surface area contributed by atoms with Gasteiger partial charge in [0.1, 0.15) is 0 Å². The van der Waals surface area contributed by atoms with E-state index in [2.05, 4.69) is 22.2 Å². The molecule has 0 saturated heterocycles. The lowest BCUT2D eigenvalue weighted by molar-refractivity contribution is -0.111. The lowest BCUT2D eigenvalue weighted by Crippen LogP contribution is -2.10. The minimum absolute atomic E-state index is 0.239. The van der Waals surface area contributed by atoms with Gasteiger partial charge in [-0.1, -0.05) is 6.58 Å². The van der Waals surface area contributed by atoms with Gasteiger partial charge < -0.3 is 10.6 Å². The van der Waals surface area contributed by atoms with E-state index in [1.54, 1.807) is 12.4 Å². The van der Waals surface area contributed by atoms with Crippen LogP contribution in [-0.2, 0) is 4.79 Å². The number of anilines is 2. The summed E-state index contributed by atoms with van der Waals surface area (Å²) in [4.78, 5) is 15.0. The second-order valence-electron chi connectivity index (χ2n) is 2.64. The number of aromatic nitrogens is 1. The average Bonchev–Trinajstić information content (AvgIpc) is 2.21. The number of carbonyl (C=O) groups excluding carboxylic acids is 1. The van der Waals surface area contributed by atoms with E-state index in [1.165, 1.54) is 6.08 Å². The fourth-order valence-electron chi connectivity index (χ4n) is 1.02. The highest BCUT2D eigenvalue weighted by atomic mass is 16.1. The molecule has 0 aliphatic heterocycles. The highest BCUT2D eigenvalue weighted by Crippen LogP contribution is 2.18. The van der Waals surface area contributed by atoms with Crippen molar-refractivity contribution in [3.63, 3.8) is 0 Å². The van der Waals surface area contributed by atoms with E-state index in [-0.39, 0.29) is 5.91 Å². The average molecular weight is 191 g/mol. The zero-order chi connectivity index (χ0) is 10.4. The summed E-state index contributed by atoms with van der Waals surface area (Å²) in [6.45, 7) is 6.16. The van der Waals surface area contributed by atoms with Crippen molar-refractivity contribution >= 4 is 17.3 Å². The molecule has 1 aromatic heterocycles. The van der Waals surface area contributed by atoms with Crippen LogP contribution in [0.5, 0.6) is 0 Å². The molecule has 0 atom stereocenters. The van der Waals surface area contributed by atoms with Gasteiger partial charge in [-0.2, -0.15) is 0 Å². The Kier molecular flexibility index (Phi) is 3.67. The molecule has 2 N–H and O–H groups in total. The maximum atomic E-state index is 11.1. The van der Waals surface area contributed by atoms with Gasteiger partial charge in [-0.25, -0.2) is 0 Å². The molecular formula is C10H13N3O. The first-order valence-electron chi connectivity index (χ1n) is 4.39. The van der Waals surface area contributed by atoms with Gasteiger partial charge in [0.15, 0.2) is 0 Å². The molecule has 0 saturated carbocycles. The Morgan fingerprint density at radius 1 is 1.64 bits per heavy atom. The van der Waals surface area contributed by atoms with Gasteiger partial charge in [0, 0.05) is 12.7 Å². The van der Waals surface area contributed by atoms with Crippen molar-refractivity contribution in [3.8, 4) is 0 Å². The number of nitrogens with zero attached hydrogens (tertiary/aromatic N) is 1. The number of carbonyl (C=O) groups is 1. The number of pyridine rings is 1.